The molecule has 25 heavy (non-hydrogen) atoms. The van der Waals surface area contributed by atoms with Gasteiger partial charge in [0.2, 0.25) is 0 Å². The Morgan fingerprint density at radius 1 is 0.800 bits per heavy atom. The maximum atomic E-state index is 2.88. The Kier molecular flexibility index (Phi) is 5.23. The van der Waals surface area contributed by atoms with Gasteiger partial charge in [-0.1, -0.05) is 19.3 Å². The minimum atomic E-state index is 0.699. The van der Waals surface area contributed by atoms with Gasteiger partial charge in [-0.3, -0.25) is 0 Å². The van der Waals surface area contributed by atoms with Gasteiger partial charge in [-0.05, 0) is 102 Å². The smallest absolute Gasteiger partial charge is 0.00698 e. The Labute approximate surface area is 156 Å². The van der Waals surface area contributed by atoms with Crippen LogP contribution in [0.25, 0.3) is 0 Å². The fraction of sp³-hybridized carbons (Fsp3) is 1.00. The fourth-order valence-corrected chi connectivity index (χ4v) is 7.00. The third kappa shape index (κ3) is 3.81. The lowest BCUT2D eigenvalue weighted by Crippen LogP contribution is -2.36. The van der Waals surface area contributed by atoms with Gasteiger partial charge >= 0.3 is 0 Å². The van der Waals surface area contributed by atoms with Gasteiger partial charge in [0.05, 0.1) is 0 Å². The quantitative estimate of drug-likeness (QED) is 0.679. The van der Waals surface area contributed by atoms with Crippen molar-refractivity contribution in [3.63, 3.8) is 0 Å². The van der Waals surface area contributed by atoms with Crippen molar-refractivity contribution in [2.75, 3.05) is 26.2 Å². The normalized spacial score (nSPS) is 37.7. The first-order valence-corrected chi connectivity index (χ1v) is 11.5. The largest absolute Gasteiger partial charge is 0.300 e. The molecule has 4 rings (SSSR count). The highest BCUT2D eigenvalue weighted by molar-refractivity contribution is 4.98. The summed E-state index contributed by atoms with van der Waals surface area (Å²) in [6.07, 6.45) is 16.5. The summed E-state index contributed by atoms with van der Waals surface area (Å²) in [5.74, 6) is 1.00. The van der Waals surface area contributed by atoms with Gasteiger partial charge in [0, 0.05) is 25.2 Å². The molecule has 2 saturated heterocycles. The molecular formula is C23H42N2. The zero-order chi connectivity index (χ0) is 17.5. The summed E-state index contributed by atoms with van der Waals surface area (Å²) in [5.41, 5.74) is 1.43. The molecular weight excluding hydrogens is 304 g/mol. The summed E-state index contributed by atoms with van der Waals surface area (Å²) in [4.78, 5) is 5.62. The molecule has 0 radical (unpaired) electrons. The van der Waals surface area contributed by atoms with Gasteiger partial charge < -0.3 is 9.80 Å². The zero-order valence-corrected chi connectivity index (χ0v) is 17.2. The molecule has 4 fully saturated rings. The van der Waals surface area contributed by atoms with Crippen molar-refractivity contribution >= 4 is 0 Å². The maximum absolute atomic E-state index is 2.88. The Bertz CT molecular complexity index is 453. The van der Waals surface area contributed by atoms with E-state index in [1.165, 1.54) is 96.8 Å². The van der Waals surface area contributed by atoms with E-state index in [0.717, 1.165) is 23.4 Å². The van der Waals surface area contributed by atoms with Crippen molar-refractivity contribution in [1.29, 1.82) is 0 Å². The first-order valence-electron chi connectivity index (χ1n) is 11.5. The van der Waals surface area contributed by atoms with Crippen LogP contribution in [0, 0.1) is 16.7 Å². The summed E-state index contributed by atoms with van der Waals surface area (Å²) in [5, 5.41) is 0. The number of rotatable bonds is 4. The second-order valence-corrected chi connectivity index (χ2v) is 10.8. The van der Waals surface area contributed by atoms with Gasteiger partial charge in [-0.25, -0.2) is 0 Å². The average molecular weight is 347 g/mol. The average Bonchev–Trinajstić information content (AvgIpc) is 3.29. The minimum absolute atomic E-state index is 0.699. The number of nitrogens with zero attached hydrogens (tertiary/aromatic N) is 2. The third-order valence-electron chi connectivity index (χ3n) is 8.68. The molecule has 2 heteroatoms. The first kappa shape index (κ1) is 18.3. The predicted molar refractivity (Wildman–Crippen MR) is 107 cm³/mol. The van der Waals surface area contributed by atoms with E-state index in [2.05, 4.69) is 30.6 Å². The van der Waals surface area contributed by atoms with Gasteiger partial charge in [-0.15, -0.1) is 0 Å². The number of likely N-dealkylation sites (tertiary alicyclic amines) is 2. The van der Waals surface area contributed by atoms with Crippen LogP contribution < -0.4 is 0 Å². The molecule has 2 saturated carbocycles. The Morgan fingerprint density at radius 2 is 1.48 bits per heavy atom. The van der Waals surface area contributed by atoms with E-state index in [1.54, 1.807) is 0 Å². The second-order valence-electron chi connectivity index (χ2n) is 10.8. The van der Waals surface area contributed by atoms with E-state index < -0.39 is 0 Å². The fourth-order valence-electron chi connectivity index (χ4n) is 7.00. The number of hydrogen-bond donors (Lipinski definition) is 0. The highest BCUT2D eigenvalue weighted by Gasteiger charge is 2.45. The molecule has 0 aromatic carbocycles. The molecule has 2 nitrogen and oxygen atoms in total. The van der Waals surface area contributed by atoms with Gasteiger partial charge in [0.25, 0.3) is 0 Å². The molecule has 2 aliphatic carbocycles. The van der Waals surface area contributed by atoms with Crippen molar-refractivity contribution in [1.82, 2.24) is 9.80 Å². The lowest BCUT2D eigenvalue weighted by Gasteiger charge is -2.35. The van der Waals surface area contributed by atoms with Crippen molar-refractivity contribution in [2.24, 2.45) is 16.7 Å². The molecule has 2 spiro atoms. The molecule has 4 aliphatic rings. The Morgan fingerprint density at radius 3 is 2.20 bits per heavy atom. The molecule has 2 aliphatic heterocycles. The molecule has 0 bridgehead atoms. The van der Waals surface area contributed by atoms with Crippen LogP contribution >= 0.6 is 0 Å². The van der Waals surface area contributed by atoms with Gasteiger partial charge in [-0.2, -0.15) is 0 Å². The van der Waals surface area contributed by atoms with Crippen molar-refractivity contribution in [3.8, 4) is 0 Å². The van der Waals surface area contributed by atoms with Crippen LogP contribution in [0.15, 0.2) is 0 Å². The Hall–Kier alpha value is -0.0800. The van der Waals surface area contributed by atoms with E-state index in [-0.39, 0.29) is 0 Å². The lowest BCUT2D eigenvalue weighted by molar-refractivity contribution is 0.152. The molecule has 3 atom stereocenters. The van der Waals surface area contributed by atoms with Crippen molar-refractivity contribution < 1.29 is 0 Å². The van der Waals surface area contributed by atoms with Gasteiger partial charge in [0.15, 0.2) is 0 Å². The van der Waals surface area contributed by atoms with Crippen LogP contribution in [0.4, 0.5) is 0 Å². The van der Waals surface area contributed by atoms with E-state index >= 15 is 0 Å². The van der Waals surface area contributed by atoms with Crippen molar-refractivity contribution in [3.05, 3.63) is 0 Å². The van der Waals surface area contributed by atoms with Crippen LogP contribution in [0.3, 0.4) is 0 Å². The molecule has 144 valence electrons. The predicted octanol–water partition coefficient (Wildman–Crippen LogP) is 5.32. The highest BCUT2D eigenvalue weighted by Crippen LogP contribution is 2.50. The molecule has 0 N–H and O–H groups in total. The highest BCUT2D eigenvalue weighted by atomic mass is 15.2. The van der Waals surface area contributed by atoms with Crippen LogP contribution in [0.1, 0.15) is 91.4 Å². The summed E-state index contributed by atoms with van der Waals surface area (Å²) >= 11 is 0. The van der Waals surface area contributed by atoms with E-state index in [0.29, 0.717) is 5.41 Å². The first-order chi connectivity index (χ1) is 12.0. The third-order valence-corrected chi connectivity index (χ3v) is 8.68. The topological polar surface area (TPSA) is 6.48 Å². The summed E-state index contributed by atoms with van der Waals surface area (Å²) < 4.78 is 0. The van der Waals surface area contributed by atoms with Crippen LogP contribution in [-0.4, -0.2) is 48.1 Å². The lowest BCUT2D eigenvalue weighted by atomic mass is 9.73. The van der Waals surface area contributed by atoms with Crippen molar-refractivity contribution in [2.45, 2.75) is 103 Å². The van der Waals surface area contributed by atoms with Crippen LogP contribution in [0.2, 0.25) is 0 Å². The summed E-state index contributed by atoms with van der Waals surface area (Å²) in [7, 11) is 0. The maximum Gasteiger partial charge on any atom is 0.00698 e. The minimum Gasteiger partial charge on any atom is -0.300 e. The van der Waals surface area contributed by atoms with Crippen LogP contribution in [-0.2, 0) is 0 Å². The zero-order valence-electron chi connectivity index (χ0n) is 17.2. The molecule has 0 aromatic rings. The molecule has 2 heterocycles. The monoisotopic (exact) mass is 346 g/mol. The summed E-state index contributed by atoms with van der Waals surface area (Å²) in [6, 6.07) is 1.57. The molecule has 3 unspecified atom stereocenters. The van der Waals surface area contributed by atoms with E-state index in [1.807, 2.05) is 0 Å². The van der Waals surface area contributed by atoms with Gasteiger partial charge in [0.1, 0.15) is 0 Å². The molecule has 0 aromatic heterocycles. The van der Waals surface area contributed by atoms with E-state index in [9.17, 15) is 0 Å². The number of hydrogen-bond acceptors (Lipinski definition) is 2. The SMILES string of the molecule is CC(C)N1CCC2(CCC(CC(C)N3CCC4(CCCCC4)C3)C2)C1. The standard InChI is InChI=1S/C23H42N2/c1-19(2)24-13-12-23(18-24)10-7-21(16-23)15-20(3)25-14-11-22(17-25)8-5-4-6-9-22/h19-21H,4-18H2,1-3H3. The second kappa shape index (κ2) is 7.15. The van der Waals surface area contributed by atoms with E-state index in [4.69, 9.17) is 0 Å². The molecule has 0 amide bonds. The Balaban J connectivity index is 1.27. The summed E-state index contributed by atoms with van der Waals surface area (Å²) in [6.45, 7) is 12.9. The van der Waals surface area contributed by atoms with Crippen LogP contribution in [0.5, 0.6) is 0 Å².